The van der Waals surface area contributed by atoms with E-state index in [1.807, 2.05) is 18.2 Å². The minimum Gasteiger partial charge on any atom is -0.455 e. The van der Waals surface area contributed by atoms with Gasteiger partial charge in [0.05, 0.1) is 9.79 Å². The second-order valence-electron chi connectivity index (χ2n) is 9.07. The predicted octanol–water partition coefficient (Wildman–Crippen LogP) is 10.2. The molecule has 1 N–H and O–H groups in total. The molecule has 3 heteroatoms. The van der Waals surface area contributed by atoms with Crippen LogP contribution in [0.5, 0.6) is 11.5 Å². The van der Waals surface area contributed by atoms with Gasteiger partial charge in [-0.2, -0.15) is 0 Å². The van der Waals surface area contributed by atoms with Crippen molar-refractivity contribution in [3.63, 3.8) is 0 Å². The zero-order valence-corrected chi connectivity index (χ0v) is 20.8. The van der Waals surface area contributed by atoms with Crippen LogP contribution in [0.3, 0.4) is 0 Å². The van der Waals surface area contributed by atoms with E-state index in [9.17, 15) is 0 Å². The van der Waals surface area contributed by atoms with Gasteiger partial charge in [0.25, 0.3) is 0 Å². The highest BCUT2D eigenvalue weighted by Gasteiger charge is 2.25. The minimum absolute atomic E-state index is 0.888. The van der Waals surface area contributed by atoms with E-state index in [0.717, 1.165) is 38.9 Å². The third-order valence-corrected chi connectivity index (χ3v) is 7.95. The molecule has 0 bridgehead atoms. The SMILES string of the molecule is c1ccc(Nc2ccccc2-c2cc3c(c(-c4ccccc4)c2)Sc2c(ccc4ccccc24)O3)cc1. The van der Waals surface area contributed by atoms with Crippen molar-refractivity contribution in [1.29, 1.82) is 0 Å². The molecule has 0 aromatic heterocycles. The first-order valence-corrected chi connectivity index (χ1v) is 13.2. The second-order valence-corrected chi connectivity index (χ2v) is 10.1. The average molecular weight is 494 g/mol. The number of anilines is 2. The maximum absolute atomic E-state index is 6.63. The molecule has 0 atom stereocenters. The Kier molecular flexibility index (Phi) is 5.41. The summed E-state index contributed by atoms with van der Waals surface area (Å²) in [4.78, 5) is 2.31. The van der Waals surface area contributed by atoms with Gasteiger partial charge < -0.3 is 10.1 Å². The van der Waals surface area contributed by atoms with Crippen LogP contribution in [0, 0.1) is 0 Å². The van der Waals surface area contributed by atoms with Crippen LogP contribution in [0.15, 0.2) is 143 Å². The van der Waals surface area contributed by atoms with E-state index in [-0.39, 0.29) is 0 Å². The summed E-state index contributed by atoms with van der Waals surface area (Å²) >= 11 is 1.80. The Morgan fingerprint density at radius 2 is 1.24 bits per heavy atom. The van der Waals surface area contributed by atoms with Crippen molar-refractivity contribution in [1.82, 2.24) is 0 Å². The van der Waals surface area contributed by atoms with Gasteiger partial charge in [0.15, 0.2) is 0 Å². The Hall–Kier alpha value is -4.47. The number of rotatable bonds is 4. The Labute approximate surface area is 220 Å². The lowest BCUT2D eigenvalue weighted by atomic mass is 9.97. The molecule has 6 aromatic rings. The molecule has 0 saturated carbocycles. The van der Waals surface area contributed by atoms with Crippen LogP contribution in [0.4, 0.5) is 11.4 Å². The van der Waals surface area contributed by atoms with Gasteiger partial charge in [-0.3, -0.25) is 0 Å². The zero-order chi connectivity index (χ0) is 24.6. The zero-order valence-electron chi connectivity index (χ0n) is 20.0. The average Bonchev–Trinajstić information content (AvgIpc) is 2.97. The summed E-state index contributed by atoms with van der Waals surface area (Å²) in [5, 5.41) is 6.04. The van der Waals surface area contributed by atoms with Crippen LogP contribution in [0.1, 0.15) is 0 Å². The number of fused-ring (bicyclic) bond motifs is 4. The summed E-state index contributed by atoms with van der Waals surface area (Å²) in [6.07, 6.45) is 0. The van der Waals surface area contributed by atoms with E-state index in [4.69, 9.17) is 4.74 Å². The molecular weight excluding hydrogens is 470 g/mol. The van der Waals surface area contributed by atoms with Crippen molar-refractivity contribution in [2.24, 2.45) is 0 Å². The monoisotopic (exact) mass is 493 g/mol. The maximum Gasteiger partial charge on any atom is 0.142 e. The van der Waals surface area contributed by atoms with Gasteiger partial charge in [-0.05, 0) is 63.9 Å². The van der Waals surface area contributed by atoms with Crippen LogP contribution >= 0.6 is 11.8 Å². The molecular formula is C34H23NOS. The summed E-state index contributed by atoms with van der Waals surface area (Å²) in [5.74, 6) is 1.79. The van der Waals surface area contributed by atoms with Gasteiger partial charge in [-0.15, -0.1) is 0 Å². The number of ether oxygens (including phenoxy) is 1. The van der Waals surface area contributed by atoms with E-state index in [0.29, 0.717) is 0 Å². The first-order chi connectivity index (χ1) is 18.3. The van der Waals surface area contributed by atoms with E-state index >= 15 is 0 Å². The molecule has 2 nitrogen and oxygen atoms in total. The fraction of sp³-hybridized carbons (Fsp3) is 0. The van der Waals surface area contributed by atoms with Crippen molar-refractivity contribution in [3.8, 4) is 33.8 Å². The molecule has 1 aliphatic rings. The van der Waals surface area contributed by atoms with Crippen molar-refractivity contribution in [3.05, 3.63) is 133 Å². The van der Waals surface area contributed by atoms with E-state index in [2.05, 4.69) is 121 Å². The fourth-order valence-corrected chi connectivity index (χ4v) is 6.12. The predicted molar refractivity (Wildman–Crippen MR) is 155 cm³/mol. The van der Waals surface area contributed by atoms with E-state index in [1.165, 1.54) is 26.8 Å². The van der Waals surface area contributed by atoms with Gasteiger partial charge >= 0.3 is 0 Å². The Balaban J connectivity index is 1.40. The topological polar surface area (TPSA) is 21.3 Å². The van der Waals surface area contributed by atoms with Crippen molar-refractivity contribution >= 4 is 33.9 Å². The first-order valence-electron chi connectivity index (χ1n) is 12.4. The van der Waals surface area contributed by atoms with Gasteiger partial charge in [0, 0.05) is 16.9 Å². The Morgan fingerprint density at radius 3 is 2.11 bits per heavy atom. The molecule has 0 unspecified atom stereocenters. The molecule has 0 spiro atoms. The molecule has 7 rings (SSSR count). The smallest absolute Gasteiger partial charge is 0.142 e. The molecule has 0 saturated heterocycles. The summed E-state index contributed by atoms with van der Waals surface area (Å²) in [6.45, 7) is 0. The maximum atomic E-state index is 6.63. The molecule has 0 amide bonds. The number of nitrogens with one attached hydrogen (secondary N) is 1. The van der Waals surface area contributed by atoms with E-state index in [1.54, 1.807) is 11.8 Å². The molecule has 1 aliphatic heterocycles. The highest BCUT2D eigenvalue weighted by atomic mass is 32.2. The lowest BCUT2D eigenvalue weighted by Gasteiger charge is -2.25. The highest BCUT2D eigenvalue weighted by molar-refractivity contribution is 8.00. The summed E-state index contributed by atoms with van der Waals surface area (Å²) in [7, 11) is 0. The van der Waals surface area contributed by atoms with Crippen LogP contribution in [-0.2, 0) is 0 Å². The standard InChI is InChI=1S/C34H23NOS/c1-3-11-23(12-4-1)29-21-25(27-16-9-10-18-30(27)35-26-14-5-2-6-15-26)22-32-34(29)37-33-28-17-8-7-13-24(28)19-20-31(33)36-32/h1-22,35H. The van der Waals surface area contributed by atoms with E-state index < -0.39 is 0 Å². The number of hydrogen-bond donors (Lipinski definition) is 1. The van der Waals surface area contributed by atoms with Crippen molar-refractivity contribution in [2.45, 2.75) is 9.79 Å². The summed E-state index contributed by atoms with van der Waals surface area (Å²) < 4.78 is 6.63. The summed E-state index contributed by atoms with van der Waals surface area (Å²) in [5.41, 5.74) is 6.71. The van der Waals surface area contributed by atoms with Crippen molar-refractivity contribution in [2.75, 3.05) is 5.32 Å². The van der Waals surface area contributed by atoms with Gasteiger partial charge in [0.2, 0.25) is 0 Å². The largest absolute Gasteiger partial charge is 0.455 e. The van der Waals surface area contributed by atoms with Crippen LogP contribution < -0.4 is 10.1 Å². The fourth-order valence-electron chi connectivity index (χ4n) is 4.92. The highest BCUT2D eigenvalue weighted by Crippen LogP contribution is 2.54. The third kappa shape index (κ3) is 4.04. The first kappa shape index (κ1) is 21.8. The molecule has 0 radical (unpaired) electrons. The third-order valence-electron chi connectivity index (χ3n) is 6.70. The lowest BCUT2D eigenvalue weighted by molar-refractivity contribution is 0.457. The second kappa shape index (κ2) is 9.20. The number of benzene rings is 6. The van der Waals surface area contributed by atoms with Gasteiger partial charge in [-0.1, -0.05) is 109 Å². The molecule has 0 aliphatic carbocycles. The molecule has 1 heterocycles. The quantitative estimate of drug-likeness (QED) is 0.263. The molecule has 6 aromatic carbocycles. The Bertz CT molecular complexity index is 1750. The normalized spacial score (nSPS) is 11.9. The molecule has 37 heavy (non-hydrogen) atoms. The van der Waals surface area contributed by atoms with Gasteiger partial charge in [-0.25, -0.2) is 0 Å². The van der Waals surface area contributed by atoms with Crippen LogP contribution in [-0.4, -0.2) is 0 Å². The van der Waals surface area contributed by atoms with Gasteiger partial charge in [0.1, 0.15) is 11.5 Å². The Morgan fingerprint density at radius 1 is 0.514 bits per heavy atom. The number of para-hydroxylation sites is 2. The summed E-state index contributed by atoms with van der Waals surface area (Å²) in [6, 6.07) is 46.5. The minimum atomic E-state index is 0.888. The molecule has 0 fully saturated rings. The number of hydrogen-bond acceptors (Lipinski definition) is 3. The van der Waals surface area contributed by atoms with Crippen LogP contribution in [0.25, 0.3) is 33.0 Å². The van der Waals surface area contributed by atoms with Crippen molar-refractivity contribution < 1.29 is 4.74 Å². The van der Waals surface area contributed by atoms with Crippen LogP contribution in [0.2, 0.25) is 0 Å². The lowest BCUT2D eigenvalue weighted by Crippen LogP contribution is -1.99. The molecule has 176 valence electrons.